The smallest absolute Gasteiger partial charge is 0.409 e. The van der Waals surface area contributed by atoms with Crippen molar-refractivity contribution in [3.63, 3.8) is 0 Å². The zero-order valence-corrected chi connectivity index (χ0v) is 11.2. The molecule has 0 aromatic heterocycles. The fraction of sp³-hybridized carbons (Fsp3) is 0.833. The molecule has 0 unspecified atom stereocenters. The van der Waals surface area contributed by atoms with Crippen LogP contribution < -0.4 is 10.6 Å². The molecule has 0 aliphatic carbocycles. The van der Waals surface area contributed by atoms with Gasteiger partial charge in [-0.3, -0.25) is 4.79 Å². The Morgan fingerprint density at radius 1 is 1.28 bits per heavy atom. The lowest BCUT2D eigenvalue weighted by Crippen LogP contribution is -2.46. The Labute approximate surface area is 108 Å². The minimum atomic E-state index is -0.214. The maximum Gasteiger partial charge on any atom is 0.409 e. The van der Waals surface area contributed by atoms with Crippen LogP contribution in [0.1, 0.15) is 26.7 Å². The van der Waals surface area contributed by atoms with Gasteiger partial charge in [-0.05, 0) is 19.8 Å². The van der Waals surface area contributed by atoms with Crippen molar-refractivity contribution in [1.82, 2.24) is 15.5 Å². The predicted molar refractivity (Wildman–Crippen MR) is 68.3 cm³/mol. The van der Waals surface area contributed by atoms with Crippen LogP contribution in [0, 0.1) is 0 Å². The molecule has 1 aliphatic heterocycles. The molecule has 0 spiro atoms. The second kappa shape index (κ2) is 7.92. The van der Waals surface area contributed by atoms with Crippen molar-refractivity contribution in [3.8, 4) is 0 Å². The van der Waals surface area contributed by atoms with Gasteiger partial charge in [0, 0.05) is 39.1 Å². The summed E-state index contributed by atoms with van der Waals surface area (Å²) in [5.74, 6) is -0.00562. The van der Waals surface area contributed by atoms with E-state index in [-0.39, 0.29) is 12.0 Å². The van der Waals surface area contributed by atoms with Gasteiger partial charge < -0.3 is 20.3 Å². The van der Waals surface area contributed by atoms with Crippen molar-refractivity contribution in [3.05, 3.63) is 0 Å². The Hall–Kier alpha value is -1.30. The molecular formula is C12H23N3O3. The van der Waals surface area contributed by atoms with E-state index in [0.29, 0.717) is 19.2 Å². The van der Waals surface area contributed by atoms with Crippen LogP contribution in [0.3, 0.4) is 0 Å². The molecule has 1 fully saturated rings. The third-order valence-electron chi connectivity index (χ3n) is 2.95. The van der Waals surface area contributed by atoms with Crippen LogP contribution in [0.2, 0.25) is 0 Å². The predicted octanol–water partition coefficient (Wildman–Crippen LogP) is 0.333. The average molecular weight is 257 g/mol. The highest BCUT2D eigenvalue weighted by Gasteiger charge is 2.22. The zero-order chi connectivity index (χ0) is 13.4. The van der Waals surface area contributed by atoms with E-state index in [1.54, 1.807) is 4.90 Å². The second-order valence-corrected chi connectivity index (χ2v) is 4.40. The number of carbonyl (C=O) groups is 2. The largest absolute Gasteiger partial charge is 0.450 e. The van der Waals surface area contributed by atoms with Crippen LogP contribution in [0.25, 0.3) is 0 Å². The molecule has 2 amide bonds. The monoisotopic (exact) mass is 257 g/mol. The quantitative estimate of drug-likeness (QED) is 0.696. The molecule has 0 saturated carbocycles. The Balaban J connectivity index is 2.11. The summed E-state index contributed by atoms with van der Waals surface area (Å²) in [5.41, 5.74) is 0. The fourth-order valence-corrected chi connectivity index (χ4v) is 2.00. The van der Waals surface area contributed by atoms with Gasteiger partial charge in [0.2, 0.25) is 5.91 Å². The number of hydrogen-bond donors (Lipinski definition) is 2. The third-order valence-corrected chi connectivity index (χ3v) is 2.95. The lowest BCUT2D eigenvalue weighted by atomic mass is 10.1. The molecule has 104 valence electrons. The molecule has 1 aliphatic rings. The van der Waals surface area contributed by atoms with Crippen molar-refractivity contribution in [1.29, 1.82) is 0 Å². The van der Waals surface area contributed by atoms with Crippen molar-refractivity contribution in [2.45, 2.75) is 32.7 Å². The van der Waals surface area contributed by atoms with E-state index in [0.717, 1.165) is 32.5 Å². The Bertz CT molecular complexity index is 276. The first-order valence-electron chi connectivity index (χ1n) is 6.53. The molecule has 6 nitrogen and oxygen atoms in total. The first-order chi connectivity index (χ1) is 8.63. The summed E-state index contributed by atoms with van der Waals surface area (Å²) >= 11 is 0. The average Bonchev–Trinajstić information content (AvgIpc) is 2.35. The summed E-state index contributed by atoms with van der Waals surface area (Å²) < 4.78 is 4.96. The standard InChI is InChI=1S/C12H23N3O3/c1-3-18-12(17)15-8-4-11(5-9-15)14-7-6-13-10(2)16/h11,14H,3-9H2,1-2H3,(H,13,16). The first kappa shape index (κ1) is 14.8. The van der Waals surface area contributed by atoms with Crippen LogP contribution in [0.15, 0.2) is 0 Å². The number of piperidine rings is 1. The van der Waals surface area contributed by atoms with Crippen molar-refractivity contribution >= 4 is 12.0 Å². The third kappa shape index (κ3) is 5.35. The molecule has 18 heavy (non-hydrogen) atoms. The van der Waals surface area contributed by atoms with Crippen molar-refractivity contribution in [2.75, 3.05) is 32.8 Å². The lowest BCUT2D eigenvalue weighted by molar-refractivity contribution is -0.118. The summed E-state index contributed by atoms with van der Waals surface area (Å²) in [6.07, 6.45) is 1.65. The normalized spacial score (nSPS) is 16.4. The van der Waals surface area contributed by atoms with E-state index in [1.165, 1.54) is 6.92 Å². The molecule has 6 heteroatoms. The highest BCUT2D eigenvalue weighted by atomic mass is 16.6. The SMILES string of the molecule is CCOC(=O)N1CCC(NCCNC(C)=O)CC1. The van der Waals surface area contributed by atoms with E-state index in [1.807, 2.05) is 6.92 Å². The van der Waals surface area contributed by atoms with Gasteiger partial charge in [-0.2, -0.15) is 0 Å². The van der Waals surface area contributed by atoms with Crippen LogP contribution in [0.5, 0.6) is 0 Å². The number of nitrogens with zero attached hydrogens (tertiary/aromatic N) is 1. The van der Waals surface area contributed by atoms with E-state index in [9.17, 15) is 9.59 Å². The van der Waals surface area contributed by atoms with Gasteiger partial charge in [0.1, 0.15) is 0 Å². The first-order valence-corrected chi connectivity index (χ1v) is 6.53. The molecule has 2 N–H and O–H groups in total. The lowest BCUT2D eigenvalue weighted by Gasteiger charge is -2.31. The molecule has 0 radical (unpaired) electrons. The second-order valence-electron chi connectivity index (χ2n) is 4.40. The maximum atomic E-state index is 11.5. The Morgan fingerprint density at radius 2 is 1.94 bits per heavy atom. The highest BCUT2D eigenvalue weighted by Crippen LogP contribution is 2.11. The molecule has 1 saturated heterocycles. The van der Waals surface area contributed by atoms with E-state index >= 15 is 0 Å². The number of carbonyl (C=O) groups excluding carboxylic acids is 2. The molecule has 0 aromatic rings. The number of nitrogens with one attached hydrogen (secondary N) is 2. The van der Waals surface area contributed by atoms with Crippen LogP contribution >= 0.6 is 0 Å². The molecule has 1 heterocycles. The minimum Gasteiger partial charge on any atom is -0.450 e. The Kier molecular flexibility index (Phi) is 6.49. The van der Waals surface area contributed by atoms with Crippen LogP contribution in [0.4, 0.5) is 4.79 Å². The van der Waals surface area contributed by atoms with Gasteiger partial charge in [-0.25, -0.2) is 4.79 Å². The molecular weight excluding hydrogens is 234 g/mol. The van der Waals surface area contributed by atoms with E-state index in [4.69, 9.17) is 4.74 Å². The topological polar surface area (TPSA) is 70.7 Å². The molecule has 0 aromatic carbocycles. The van der Waals surface area contributed by atoms with Gasteiger partial charge >= 0.3 is 6.09 Å². The summed E-state index contributed by atoms with van der Waals surface area (Å²) in [5, 5.41) is 6.12. The number of amides is 2. The number of hydrogen-bond acceptors (Lipinski definition) is 4. The molecule has 0 atom stereocenters. The van der Waals surface area contributed by atoms with E-state index in [2.05, 4.69) is 10.6 Å². The van der Waals surface area contributed by atoms with Gasteiger partial charge in [0.15, 0.2) is 0 Å². The maximum absolute atomic E-state index is 11.5. The van der Waals surface area contributed by atoms with Crippen LogP contribution in [-0.2, 0) is 9.53 Å². The minimum absolute atomic E-state index is 0.00562. The Morgan fingerprint density at radius 3 is 2.50 bits per heavy atom. The summed E-state index contributed by atoms with van der Waals surface area (Å²) in [6.45, 7) is 6.63. The number of likely N-dealkylation sites (tertiary alicyclic amines) is 1. The van der Waals surface area contributed by atoms with Gasteiger partial charge in [0.25, 0.3) is 0 Å². The van der Waals surface area contributed by atoms with Crippen molar-refractivity contribution in [2.24, 2.45) is 0 Å². The van der Waals surface area contributed by atoms with Gasteiger partial charge in [0.05, 0.1) is 6.61 Å². The highest BCUT2D eigenvalue weighted by molar-refractivity contribution is 5.72. The number of ether oxygens (including phenoxy) is 1. The summed E-state index contributed by atoms with van der Waals surface area (Å²) in [6, 6.07) is 0.421. The number of rotatable bonds is 5. The molecule has 1 rings (SSSR count). The fourth-order valence-electron chi connectivity index (χ4n) is 2.00. The van der Waals surface area contributed by atoms with Crippen molar-refractivity contribution < 1.29 is 14.3 Å². The summed E-state index contributed by atoms with van der Waals surface area (Å²) in [7, 11) is 0. The van der Waals surface area contributed by atoms with Gasteiger partial charge in [-0.15, -0.1) is 0 Å². The zero-order valence-electron chi connectivity index (χ0n) is 11.2. The van der Waals surface area contributed by atoms with Gasteiger partial charge in [-0.1, -0.05) is 0 Å². The summed E-state index contributed by atoms with van der Waals surface area (Å²) in [4.78, 5) is 23.9. The van der Waals surface area contributed by atoms with Crippen LogP contribution in [-0.4, -0.2) is 55.7 Å². The molecule has 0 bridgehead atoms. The van der Waals surface area contributed by atoms with E-state index < -0.39 is 0 Å².